The fraction of sp³-hybridized carbons (Fsp3) is 0.958. The number of rotatable bonds is 17. The van der Waals surface area contributed by atoms with Gasteiger partial charge in [-0.3, -0.25) is 4.79 Å². The molecule has 3 heteroatoms. The van der Waals surface area contributed by atoms with Gasteiger partial charge in [0.2, 0.25) is 0 Å². The molecule has 27 heavy (non-hydrogen) atoms. The van der Waals surface area contributed by atoms with Crippen LogP contribution in [-0.2, 0) is 9.53 Å². The largest absolute Gasteiger partial charge is 0.458 e. The van der Waals surface area contributed by atoms with Crippen molar-refractivity contribution in [1.82, 2.24) is 5.32 Å². The summed E-state index contributed by atoms with van der Waals surface area (Å²) in [6.07, 6.45) is 23.0. The van der Waals surface area contributed by atoms with Crippen LogP contribution in [0.5, 0.6) is 0 Å². The van der Waals surface area contributed by atoms with E-state index in [1.807, 2.05) is 0 Å². The average Bonchev–Trinajstić information content (AvgIpc) is 2.65. The molecule has 0 radical (unpaired) electrons. The van der Waals surface area contributed by atoms with Gasteiger partial charge in [-0.2, -0.15) is 0 Å². The molecule has 1 aliphatic heterocycles. The zero-order chi connectivity index (χ0) is 19.6. The van der Waals surface area contributed by atoms with Crippen LogP contribution in [0.3, 0.4) is 0 Å². The van der Waals surface area contributed by atoms with Crippen LogP contribution in [-0.4, -0.2) is 24.7 Å². The minimum absolute atomic E-state index is 0.00380. The van der Waals surface area contributed by atoms with Crippen LogP contribution >= 0.6 is 0 Å². The summed E-state index contributed by atoms with van der Waals surface area (Å²) in [7, 11) is 0. The van der Waals surface area contributed by atoms with Crippen LogP contribution < -0.4 is 5.32 Å². The molecule has 1 atom stereocenters. The van der Waals surface area contributed by atoms with Gasteiger partial charge in [0.05, 0.1) is 0 Å². The summed E-state index contributed by atoms with van der Waals surface area (Å²) in [5.74, 6) is -0.00380. The molecule has 1 unspecified atom stereocenters. The van der Waals surface area contributed by atoms with Crippen LogP contribution in [0.1, 0.15) is 129 Å². The van der Waals surface area contributed by atoms with Crippen LogP contribution in [0, 0.1) is 0 Å². The van der Waals surface area contributed by atoms with E-state index in [4.69, 9.17) is 4.74 Å². The predicted molar refractivity (Wildman–Crippen MR) is 116 cm³/mol. The number of nitrogens with one attached hydrogen (secondary N) is 1. The molecule has 0 spiro atoms. The van der Waals surface area contributed by atoms with Crippen molar-refractivity contribution in [3.05, 3.63) is 0 Å². The van der Waals surface area contributed by atoms with Crippen molar-refractivity contribution in [3.8, 4) is 0 Å². The Bertz CT molecular complexity index is 350. The van der Waals surface area contributed by atoms with E-state index in [2.05, 4.69) is 19.2 Å². The molecule has 1 N–H and O–H groups in total. The van der Waals surface area contributed by atoms with E-state index in [0.29, 0.717) is 6.42 Å². The summed E-state index contributed by atoms with van der Waals surface area (Å²) < 4.78 is 5.70. The lowest BCUT2D eigenvalue weighted by Gasteiger charge is -2.33. The lowest BCUT2D eigenvalue weighted by molar-refractivity contribution is -0.159. The monoisotopic (exact) mass is 381 g/mol. The molecule has 0 aromatic heterocycles. The van der Waals surface area contributed by atoms with E-state index in [1.54, 1.807) is 0 Å². The van der Waals surface area contributed by atoms with Crippen LogP contribution in [0.25, 0.3) is 0 Å². The summed E-state index contributed by atoms with van der Waals surface area (Å²) in [4.78, 5) is 12.0. The van der Waals surface area contributed by atoms with Crippen molar-refractivity contribution >= 4 is 5.97 Å². The second-order valence-corrected chi connectivity index (χ2v) is 8.90. The highest BCUT2D eigenvalue weighted by molar-refractivity contribution is 5.69. The zero-order valence-electron chi connectivity index (χ0n) is 18.5. The first-order valence-electron chi connectivity index (χ1n) is 12.1. The molecule has 3 nitrogen and oxygen atoms in total. The highest BCUT2D eigenvalue weighted by Gasteiger charge is 2.30. The molecule has 0 bridgehead atoms. The minimum Gasteiger partial charge on any atom is -0.458 e. The van der Waals surface area contributed by atoms with Crippen molar-refractivity contribution in [2.24, 2.45) is 0 Å². The number of unbranched alkanes of at least 4 members (excludes halogenated alkanes) is 14. The van der Waals surface area contributed by atoms with E-state index in [9.17, 15) is 4.79 Å². The molecule has 0 saturated carbocycles. The van der Waals surface area contributed by atoms with Gasteiger partial charge in [-0.05, 0) is 32.7 Å². The maximum absolute atomic E-state index is 12.0. The van der Waals surface area contributed by atoms with E-state index in [-0.39, 0.29) is 11.6 Å². The Kier molecular flexibility index (Phi) is 14.9. The fourth-order valence-corrected chi connectivity index (χ4v) is 4.08. The minimum atomic E-state index is -0.273. The Morgan fingerprint density at radius 2 is 1.30 bits per heavy atom. The number of carbonyl (C=O) groups excluding carboxylic acids is 1. The highest BCUT2D eigenvalue weighted by atomic mass is 16.6. The molecule has 160 valence electrons. The van der Waals surface area contributed by atoms with E-state index in [0.717, 1.165) is 32.4 Å². The summed E-state index contributed by atoms with van der Waals surface area (Å²) >= 11 is 0. The maximum atomic E-state index is 12.0. The molecular formula is C24H47NO2. The van der Waals surface area contributed by atoms with Crippen molar-refractivity contribution in [1.29, 1.82) is 0 Å². The normalized spacial score (nSPS) is 19.9. The first-order valence-corrected chi connectivity index (χ1v) is 12.1. The van der Waals surface area contributed by atoms with Gasteiger partial charge in [-0.15, -0.1) is 0 Å². The Hall–Kier alpha value is -0.570. The topological polar surface area (TPSA) is 38.3 Å². The number of ether oxygens (including phenoxy) is 1. The molecule has 0 aromatic carbocycles. The maximum Gasteiger partial charge on any atom is 0.306 e. The van der Waals surface area contributed by atoms with E-state index >= 15 is 0 Å². The van der Waals surface area contributed by atoms with Gasteiger partial charge in [0, 0.05) is 13.0 Å². The molecule has 1 saturated heterocycles. The summed E-state index contributed by atoms with van der Waals surface area (Å²) in [6.45, 7) is 6.19. The molecule has 1 rings (SSSR count). The Morgan fingerprint density at radius 1 is 0.815 bits per heavy atom. The number of carbonyl (C=O) groups is 1. The predicted octanol–water partition coefficient (Wildman–Crippen LogP) is 6.93. The zero-order valence-corrected chi connectivity index (χ0v) is 18.5. The van der Waals surface area contributed by atoms with Crippen LogP contribution in [0.2, 0.25) is 0 Å². The number of hydrogen-bond donors (Lipinski definition) is 1. The SMILES string of the molecule is CCCCCCCCCCCCCCCCCC(=O)OC1(C)CCCNC1. The van der Waals surface area contributed by atoms with Crippen molar-refractivity contribution in [2.45, 2.75) is 135 Å². The Balaban J connectivity index is 1.79. The number of esters is 1. The second-order valence-electron chi connectivity index (χ2n) is 8.90. The molecule has 0 aliphatic carbocycles. The van der Waals surface area contributed by atoms with Crippen LogP contribution in [0.15, 0.2) is 0 Å². The third-order valence-corrected chi connectivity index (χ3v) is 5.90. The highest BCUT2D eigenvalue weighted by Crippen LogP contribution is 2.21. The van der Waals surface area contributed by atoms with Gasteiger partial charge in [0.15, 0.2) is 0 Å². The second kappa shape index (κ2) is 16.4. The molecule has 0 aromatic rings. The molecule has 1 aliphatic rings. The molecule has 1 heterocycles. The van der Waals surface area contributed by atoms with E-state index < -0.39 is 0 Å². The van der Waals surface area contributed by atoms with Gasteiger partial charge in [-0.1, -0.05) is 96.8 Å². The third-order valence-electron chi connectivity index (χ3n) is 5.90. The smallest absolute Gasteiger partial charge is 0.306 e. The van der Waals surface area contributed by atoms with Gasteiger partial charge in [0.25, 0.3) is 0 Å². The standard InChI is InChI=1S/C24H47NO2/c1-3-4-5-6-7-8-9-10-11-12-13-14-15-16-17-19-23(26)27-24(2)20-18-21-25-22-24/h25H,3-22H2,1-2H3. The summed E-state index contributed by atoms with van der Waals surface area (Å²) in [5, 5.41) is 3.33. The summed E-state index contributed by atoms with van der Waals surface area (Å²) in [5.41, 5.74) is -0.273. The quantitative estimate of drug-likeness (QED) is 0.219. The third kappa shape index (κ3) is 14.1. The summed E-state index contributed by atoms with van der Waals surface area (Å²) in [6, 6.07) is 0. The van der Waals surface area contributed by atoms with Gasteiger partial charge < -0.3 is 10.1 Å². The lowest BCUT2D eigenvalue weighted by atomic mass is 9.96. The van der Waals surface area contributed by atoms with Gasteiger partial charge in [-0.25, -0.2) is 0 Å². The molecule has 0 amide bonds. The van der Waals surface area contributed by atoms with Crippen molar-refractivity contribution < 1.29 is 9.53 Å². The van der Waals surface area contributed by atoms with Crippen LogP contribution in [0.4, 0.5) is 0 Å². The average molecular weight is 382 g/mol. The lowest BCUT2D eigenvalue weighted by Crippen LogP contribution is -2.46. The van der Waals surface area contributed by atoms with Gasteiger partial charge >= 0.3 is 5.97 Å². The Labute approximate surface area is 169 Å². The molecular weight excluding hydrogens is 334 g/mol. The first kappa shape index (κ1) is 24.5. The van der Waals surface area contributed by atoms with Gasteiger partial charge in [0.1, 0.15) is 5.60 Å². The van der Waals surface area contributed by atoms with Crippen molar-refractivity contribution in [2.75, 3.05) is 13.1 Å². The number of hydrogen-bond acceptors (Lipinski definition) is 3. The Morgan fingerprint density at radius 3 is 1.74 bits per heavy atom. The fourth-order valence-electron chi connectivity index (χ4n) is 4.08. The number of piperidine rings is 1. The molecule has 1 fully saturated rings. The van der Waals surface area contributed by atoms with E-state index in [1.165, 1.54) is 89.9 Å². The van der Waals surface area contributed by atoms with Crippen molar-refractivity contribution in [3.63, 3.8) is 0 Å². The first-order chi connectivity index (χ1) is 13.2.